The average Bonchev–Trinajstić information content (AvgIpc) is 2.61. The second-order valence-electron chi connectivity index (χ2n) is 5.22. The first kappa shape index (κ1) is 13.4. The molecule has 0 fully saturated rings. The number of amides is 1. The van der Waals surface area contributed by atoms with E-state index in [-0.39, 0.29) is 5.91 Å². The minimum Gasteiger partial charge on any atom is -0.320 e. The maximum absolute atomic E-state index is 12.5. The molecule has 3 aromatic carbocycles. The molecule has 1 N–H and O–H groups in total. The highest BCUT2D eigenvalue weighted by Crippen LogP contribution is 2.23. The molecule has 1 amide bonds. The van der Waals surface area contributed by atoms with E-state index in [1.54, 1.807) is 0 Å². The van der Waals surface area contributed by atoms with Gasteiger partial charge in [-0.15, -0.1) is 0 Å². The lowest BCUT2D eigenvalue weighted by atomic mass is 10.1. The van der Waals surface area contributed by atoms with Crippen LogP contribution in [0.5, 0.6) is 0 Å². The van der Waals surface area contributed by atoms with E-state index in [1.807, 2.05) is 66.7 Å². The normalized spacial score (nSPS) is 10.8. The summed E-state index contributed by atoms with van der Waals surface area (Å²) in [4.78, 5) is 21.1. The predicted octanol–water partition coefficient (Wildman–Crippen LogP) is 4.04. The number of rotatable bonds is 2. The number of benzene rings is 3. The summed E-state index contributed by atoms with van der Waals surface area (Å²) in [6.07, 6.45) is 1.50. The highest BCUT2D eigenvalue weighted by atomic mass is 16.1. The first-order chi connectivity index (χ1) is 11.3. The van der Waals surface area contributed by atoms with E-state index >= 15 is 0 Å². The highest BCUT2D eigenvalue weighted by Gasteiger charge is 2.11. The molecule has 0 atom stereocenters. The molecule has 0 aliphatic carbocycles. The third kappa shape index (κ3) is 2.51. The Hall–Kier alpha value is -3.27. The maximum Gasteiger partial charge on any atom is 0.275 e. The van der Waals surface area contributed by atoms with Crippen LogP contribution in [0.3, 0.4) is 0 Å². The van der Waals surface area contributed by atoms with Gasteiger partial charge in [0.05, 0.1) is 17.2 Å². The third-order valence-electron chi connectivity index (χ3n) is 3.72. The topological polar surface area (TPSA) is 54.9 Å². The fourth-order valence-electron chi connectivity index (χ4n) is 2.59. The fraction of sp³-hybridized carbons (Fsp3) is 0. The van der Waals surface area contributed by atoms with Crippen molar-refractivity contribution in [1.82, 2.24) is 9.97 Å². The number of anilines is 1. The minimum atomic E-state index is -0.264. The van der Waals surface area contributed by atoms with Crippen molar-refractivity contribution in [2.24, 2.45) is 0 Å². The van der Waals surface area contributed by atoms with E-state index in [1.165, 1.54) is 6.20 Å². The third-order valence-corrected chi connectivity index (χ3v) is 3.72. The molecule has 1 aromatic heterocycles. The first-order valence-electron chi connectivity index (χ1n) is 7.32. The molecule has 0 bridgehead atoms. The SMILES string of the molecule is O=C(Nc1cccc2ccccc12)c1cnc2ccccc2n1. The molecule has 110 valence electrons. The summed E-state index contributed by atoms with van der Waals surface area (Å²) in [5.41, 5.74) is 2.55. The molecule has 0 saturated heterocycles. The number of para-hydroxylation sites is 2. The van der Waals surface area contributed by atoms with Gasteiger partial charge in [0.2, 0.25) is 0 Å². The van der Waals surface area contributed by atoms with E-state index in [2.05, 4.69) is 15.3 Å². The van der Waals surface area contributed by atoms with Crippen LogP contribution in [0, 0.1) is 0 Å². The van der Waals surface area contributed by atoms with Crippen LogP contribution in [0.4, 0.5) is 5.69 Å². The van der Waals surface area contributed by atoms with Crippen LogP contribution >= 0.6 is 0 Å². The van der Waals surface area contributed by atoms with E-state index in [0.29, 0.717) is 11.2 Å². The van der Waals surface area contributed by atoms with Gasteiger partial charge in [0.1, 0.15) is 5.69 Å². The summed E-state index contributed by atoms with van der Waals surface area (Å²) < 4.78 is 0. The van der Waals surface area contributed by atoms with Gasteiger partial charge in [-0.1, -0.05) is 48.5 Å². The zero-order valence-electron chi connectivity index (χ0n) is 12.2. The first-order valence-corrected chi connectivity index (χ1v) is 7.32. The molecule has 0 saturated carbocycles. The largest absolute Gasteiger partial charge is 0.320 e. The van der Waals surface area contributed by atoms with Crippen molar-refractivity contribution in [2.75, 3.05) is 5.32 Å². The zero-order valence-corrected chi connectivity index (χ0v) is 12.2. The summed E-state index contributed by atoms with van der Waals surface area (Å²) in [5, 5.41) is 5.00. The number of fused-ring (bicyclic) bond motifs is 2. The quantitative estimate of drug-likeness (QED) is 0.608. The predicted molar refractivity (Wildman–Crippen MR) is 91.4 cm³/mol. The van der Waals surface area contributed by atoms with Crippen LogP contribution in [0.1, 0.15) is 10.5 Å². The second-order valence-corrected chi connectivity index (χ2v) is 5.22. The van der Waals surface area contributed by atoms with E-state index < -0.39 is 0 Å². The van der Waals surface area contributed by atoms with Crippen molar-refractivity contribution in [3.63, 3.8) is 0 Å². The lowest BCUT2D eigenvalue weighted by Crippen LogP contribution is -2.14. The number of aromatic nitrogens is 2. The van der Waals surface area contributed by atoms with Crippen molar-refractivity contribution in [3.8, 4) is 0 Å². The fourth-order valence-corrected chi connectivity index (χ4v) is 2.59. The number of nitrogens with zero attached hydrogens (tertiary/aromatic N) is 2. The van der Waals surface area contributed by atoms with Crippen molar-refractivity contribution < 1.29 is 4.79 Å². The number of nitrogens with one attached hydrogen (secondary N) is 1. The number of carbonyl (C=O) groups excluding carboxylic acids is 1. The Bertz CT molecular complexity index is 1020. The monoisotopic (exact) mass is 299 g/mol. The number of carbonyl (C=O) groups is 1. The molecular formula is C19H13N3O. The summed E-state index contributed by atoms with van der Waals surface area (Å²) in [7, 11) is 0. The highest BCUT2D eigenvalue weighted by molar-refractivity contribution is 6.08. The Balaban J connectivity index is 1.70. The Kier molecular flexibility index (Phi) is 3.20. The second kappa shape index (κ2) is 5.50. The van der Waals surface area contributed by atoms with Gasteiger partial charge in [-0.2, -0.15) is 0 Å². The molecule has 1 heterocycles. The average molecular weight is 299 g/mol. The van der Waals surface area contributed by atoms with E-state index in [4.69, 9.17) is 0 Å². The standard InChI is InChI=1S/C19H13N3O/c23-19(18-12-20-16-9-3-4-10-17(16)21-18)22-15-11-5-7-13-6-1-2-8-14(13)15/h1-12H,(H,22,23). The summed E-state index contributed by atoms with van der Waals surface area (Å²) >= 11 is 0. The summed E-state index contributed by atoms with van der Waals surface area (Å²) in [6.45, 7) is 0. The maximum atomic E-state index is 12.5. The van der Waals surface area contributed by atoms with Crippen molar-refractivity contribution in [2.45, 2.75) is 0 Å². The van der Waals surface area contributed by atoms with Crippen molar-refractivity contribution >= 4 is 33.4 Å². The van der Waals surface area contributed by atoms with E-state index in [9.17, 15) is 4.79 Å². The van der Waals surface area contributed by atoms with Gasteiger partial charge in [-0.05, 0) is 23.6 Å². The number of hydrogen-bond donors (Lipinski definition) is 1. The molecule has 4 heteroatoms. The van der Waals surface area contributed by atoms with Crippen LogP contribution in [0.15, 0.2) is 72.9 Å². The minimum absolute atomic E-state index is 0.264. The Morgan fingerprint density at radius 2 is 1.57 bits per heavy atom. The van der Waals surface area contributed by atoms with Crippen LogP contribution in [0.2, 0.25) is 0 Å². The Labute approximate surface area is 132 Å². The molecule has 0 radical (unpaired) electrons. The molecule has 4 aromatic rings. The molecule has 4 rings (SSSR count). The molecule has 23 heavy (non-hydrogen) atoms. The lowest BCUT2D eigenvalue weighted by molar-refractivity contribution is 0.102. The Morgan fingerprint density at radius 1 is 0.826 bits per heavy atom. The van der Waals surface area contributed by atoms with Gasteiger partial charge in [-0.25, -0.2) is 4.98 Å². The number of hydrogen-bond acceptors (Lipinski definition) is 3. The van der Waals surface area contributed by atoms with Crippen LogP contribution in [0.25, 0.3) is 21.8 Å². The summed E-state index contributed by atoms with van der Waals surface area (Å²) in [6, 6.07) is 21.2. The molecule has 0 aliphatic rings. The molecule has 0 aliphatic heterocycles. The summed E-state index contributed by atoms with van der Waals surface area (Å²) in [5.74, 6) is -0.264. The van der Waals surface area contributed by atoms with Crippen LogP contribution in [-0.2, 0) is 0 Å². The van der Waals surface area contributed by atoms with Gasteiger partial charge in [0.15, 0.2) is 0 Å². The van der Waals surface area contributed by atoms with Gasteiger partial charge in [0.25, 0.3) is 5.91 Å². The van der Waals surface area contributed by atoms with Gasteiger partial charge < -0.3 is 5.32 Å². The van der Waals surface area contributed by atoms with Gasteiger partial charge in [0, 0.05) is 11.1 Å². The van der Waals surface area contributed by atoms with Crippen LogP contribution in [-0.4, -0.2) is 15.9 Å². The van der Waals surface area contributed by atoms with Crippen molar-refractivity contribution in [1.29, 1.82) is 0 Å². The zero-order chi connectivity index (χ0) is 15.6. The van der Waals surface area contributed by atoms with E-state index in [0.717, 1.165) is 22.0 Å². The van der Waals surface area contributed by atoms with Crippen molar-refractivity contribution in [3.05, 3.63) is 78.6 Å². The smallest absolute Gasteiger partial charge is 0.275 e. The molecule has 0 unspecified atom stereocenters. The molecular weight excluding hydrogens is 286 g/mol. The van der Waals surface area contributed by atoms with Crippen LogP contribution < -0.4 is 5.32 Å². The van der Waals surface area contributed by atoms with Gasteiger partial charge >= 0.3 is 0 Å². The van der Waals surface area contributed by atoms with Gasteiger partial charge in [-0.3, -0.25) is 9.78 Å². The lowest BCUT2D eigenvalue weighted by Gasteiger charge is -2.08. The Morgan fingerprint density at radius 3 is 2.48 bits per heavy atom. The molecule has 0 spiro atoms. The molecule has 4 nitrogen and oxygen atoms in total.